The minimum absolute atomic E-state index is 0.400. The van der Waals surface area contributed by atoms with Gasteiger partial charge in [0.05, 0.1) is 13.2 Å². The first-order valence-corrected chi connectivity index (χ1v) is 6.29. The van der Waals surface area contributed by atoms with E-state index in [1.165, 1.54) is 11.1 Å². The molecule has 2 nitrogen and oxygen atoms in total. The Labute approximate surface area is 102 Å². The highest BCUT2D eigenvalue weighted by molar-refractivity contribution is 5.24. The fourth-order valence-corrected chi connectivity index (χ4v) is 2.62. The molecule has 0 bridgehead atoms. The van der Waals surface area contributed by atoms with Crippen molar-refractivity contribution in [3.05, 3.63) is 47.5 Å². The van der Waals surface area contributed by atoms with Gasteiger partial charge in [-0.15, -0.1) is 0 Å². The van der Waals surface area contributed by atoms with Crippen LogP contribution in [-0.2, 0) is 15.9 Å². The van der Waals surface area contributed by atoms with Crippen LogP contribution in [0.1, 0.15) is 17.5 Å². The molecule has 0 amide bonds. The van der Waals surface area contributed by atoms with Crippen LogP contribution in [0, 0.1) is 12.8 Å². The topological polar surface area (TPSA) is 18.5 Å². The maximum Gasteiger partial charge on any atom is 0.179 e. The van der Waals surface area contributed by atoms with Gasteiger partial charge in [-0.05, 0) is 18.9 Å². The molecule has 0 radical (unpaired) electrons. The first-order valence-electron chi connectivity index (χ1n) is 6.29. The summed E-state index contributed by atoms with van der Waals surface area (Å²) < 4.78 is 11.8. The van der Waals surface area contributed by atoms with Crippen molar-refractivity contribution in [1.29, 1.82) is 0 Å². The van der Waals surface area contributed by atoms with Crippen LogP contribution in [0.15, 0.2) is 36.4 Å². The van der Waals surface area contributed by atoms with E-state index in [4.69, 9.17) is 9.47 Å². The highest BCUT2D eigenvalue weighted by Gasteiger charge is 2.44. The molecule has 1 aliphatic heterocycles. The Morgan fingerprint density at radius 1 is 1.29 bits per heavy atom. The molecule has 1 aromatic carbocycles. The predicted octanol–water partition coefficient (Wildman–Crippen LogP) is 2.86. The fraction of sp³-hybridized carbons (Fsp3) is 0.467. The van der Waals surface area contributed by atoms with Gasteiger partial charge in [-0.25, -0.2) is 0 Å². The third-order valence-electron chi connectivity index (χ3n) is 3.63. The van der Waals surface area contributed by atoms with Crippen LogP contribution >= 0.6 is 0 Å². The largest absolute Gasteiger partial charge is 0.347 e. The second-order valence-electron chi connectivity index (χ2n) is 4.94. The quantitative estimate of drug-likeness (QED) is 0.743. The van der Waals surface area contributed by atoms with Gasteiger partial charge in [0.2, 0.25) is 0 Å². The average molecular weight is 230 g/mol. The summed E-state index contributed by atoms with van der Waals surface area (Å²) in [5.41, 5.74) is 2.59. The van der Waals surface area contributed by atoms with Crippen LogP contribution in [0.2, 0.25) is 0 Å². The Morgan fingerprint density at radius 3 is 2.65 bits per heavy atom. The molecule has 0 spiro atoms. The Bertz CT molecular complexity index is 430. The second-order valence-corrected chi connectivity index (χ2v) is 4.94. The van der Waals surface area contributed by atoms with E-state index in [0.717, 1.165) is 26.1 Å². The summed E-state index contributed by atoms with van der Waals surface area (Å²) in [7, 11) is 0. The molecule has 3 rings (SSSR count). The fourth-order valence-electron chi connectivity index (χ4n) is 2.62. The van der Waals surface area contributed by atoms with E-state index in [2.05, 4.69) is 43.3 Å². The molecule has 1 saturated heterocycles. The predicted molar refractivity (Wildman–Crippen MR) is 66.8 cm³/mol. The smallest absolute Gasteiger partial charge is 0.179 e. The van der Waals surface area contributed by atoms with E-state index < -0.39 is 5.79 Å². The van der Waals surface area contributed by atoms with Crippen LogP contribution < -0.4 is 0 Å². The molecule has 2 heteroatoms. The average Bonchev–Trinajstić information content (AvgIpc) is 2.64. The van der Waals surface area contributed by atoms with E-state index in [1.807, 2.05) is 0 Å². The van der Waals surface area contributed by atoms with Crippen molar-refractivity contribution >= 4 is 0 Å². The first kappa shape index (κ1) is 11.0. The number of benzene rings is 1. The van der Waals surface area contributed by atoms with Crippen molar-refractivity contribution in [2.24, 2.45) is 5.92 Å². The molecule has 0 aromatic heterocycles. The zero-order chi connectivity index (χ0) is 11.7. The third-order valence-corrected chi connectivity index (χ3v) is 3.63. The maximum absolute atomic E-state index is 5.91. The van der Waals surface area contributed by atoms with Crippen molar-refractivity contribution in [2.75, 3.05) is 13.2 Å². The second kappa shape index (κ2) is 4.28. The number of hydrogen-bond donors (Lipinski definition) is 0. The van der Waals surface area contributed by atoms with Gasteiger partial charge in [0.15, 0.2) is 5.79 Å². The zero-order valence-corrected chi connectivity index (χ0v) is 10.2. The zero-order valence-electron chi connectivity index (χ0n) is 10.2. The van der Waals surface area contributed by atoms with E-state index in [0.29, 0.717) is 5.92 Å². The summed E-state index contributed by atoms with van der Waals surface area (Å²) in [5.74, 6) is 0.0215. The van der Waals surface area contributed by atoms with E-state index in [9.17, 15) is 0 Å². The van der Waals surface area contributed by atoms with E-state index in [1.54, 1.807) is 0 Å². The van der Waals surface area contributed by atoms with Crippen LogP contribution in [-0.4, -0.2) is 19.0 Å². The van der Waals surface area contributed by atoms with E-state index in [-0.39, 0.29) is 0 Å². The van der Waals surface area contributed by atoms with Crippen LogP contribution in [0.25, 0.3) is 0 Å². The SMILES string of the molecule is Cc1cccc(CC2(C3C=CC3)OCCO2)c1. The molecule has 1 aromatic rings. The summed E-state index contributed by atoms with van der Waals surface area (Å²) >= 11 is 0. The minimum Gasteiger partial charge on any atom is -0.347 e. The molecule has 0 N–H and O–H groups in total. The van der Waals surface area contributed by atoms with Crippen LogP contribution in [0.3, 0.4) is 0 Å². The molecule has 1 unspecified atom stereocenters. The van der Waals surface area contributed by atoms with Gasteiger partial charge >= 0.3 is 0 Å². The summed E-state index contributed by atoms with van der Waals surface area (Å²) in [6.45, 7) is 3.56. The lowest BCUT2D eigenvalue weighted by atomic mass is 9.83. The number of ether oxygens (including phenoxy) is 2. The molecule has 2 aliphatic rings. The van der Waals surface area contributed by atoms with Gasteiger partial charge in [-0.2, -0.15) is 0 Å². The third kappa shape index (κ3) is 2.03. The lowest BCUT2D eigenvalue weighted by molar-refractivity contribution is -0.186. The number of allylic oxidation sites excluding steroid dienone is 1. The van der Waals surface area contributed by atoms with Crippen molar-refractivity contribution in [2.45, 2.75) is 25.6 Å². The van der Waals surface area contributed by atoms with Crippen LogP contribution in [0.4, 0.5) is 0 Å². The molecule has 0 saturated carbocycles. The Balaban J connectivity index is 1.83. The van der Waals surface area contributed by atoms with Crippen molar-refractivity contribution in [3.63, 3.8) is 0 Å². The number of aryl methyl sites for hydroxylation is 1. The molecule has 90 valence electrons. The standard InChI is InChI=1S/C15H18O2/c1-12-4-2-5-13(10-12)11-15(14-6-3-7-14)16-8-9-17-15/h2-6,10,14H,7-9,11H2,1H3. The first-order chi connectivity index (χ1) is 8.28. The number of hydrogen-bond acceptors (Lipinski definition) is 2. The normalized spacial score (nSPS) is 25.8. The van der Waals surface area contributed by atoms with Crippen molar-refractivity contribution in [1.82, 2.24) is 0 Å². The molecule has 17 heavy (non-hydrogen) atoms. The Hall–Kier alpha value is -1.12. The van der Waals surface area contributed by atoms with Gasteiger partial charge in [0, 0.05) is 12.3 Å². The molecule has 1 atom stereocenters. The van der Waals surface area contributed by atoms with Crippen LogP contribution in [0.5, 0.6) is 0 Å². The van der Waals surface area contributed by atoms with Gasteiger partial charge in [-0.1, -0.05) is 42.0 Å². The maximum atomic E-state index is 5.91. The lowest BCUT2D eigenvalue weighted by Gasteiger charge is -2.37. The summed E-state index contributed by atoms with van der Waals surface area (Å²) in [4.78, 5) is 0. The Morgan fingerprint density at radius 2 is 2.06 bits per heavy atom. The van der Waals surface area contributed by atoms with E-state index >= 15 is 0 Å². The molecular weight excluding hydrogens is 212 g/mol. The number of rotatable bonds is 3. The van der Waals surface area contributed by atoms with Gasteiger partial charge in [-0.3, -0.25) is 0 Å². The monoisotopic (exact) mass is 230 g/mol. The molecule has 1 aliphatic carbocycles. The summed E-state index contributed by atoms with van der Waals surface area (Å²) in [5, 5.41) is 0. The lowest BCUT2D eigenvalue weighted by Crippen LogP contribution is -2.42. The van der Waals surface area contributed by atoms with Crippen molar-refractivity contribution < 1.29 is 9.47 Å². The highest BCUT2D eigenvalue weighted by Crippen LogP contribution is 2.39. The highest BCUT2D eigenvalue weighted by atomic mass is 16.7. The summed E-state index contributed by atoms with van der Waals surface area (Å²) in [6, 6.07) is 8.59. The van der Waals surface area contributed by atoms with Gasteiger partial charge in [0.25, 0.3) is 0 Å². The summed E-state index contributed by atoms with van der Waals surface area (Å²) in [6.07, 6.45) is 6.32. The Kier molecular flexibility index (Phi) is 2.77. The minimum atomic E-state index is -0.400. The molecular formula is C15H18O2. The molecule has 1 fully saturated rings. The van der Waals surface area contributed by atoms with Gasteiger partial charge < -0.3 is 9.47 Å². The van der Waals surface area contributed by atoms with Gasteiger partial charge in [0.1, 0.15) is 0 Å². The van der Waals surface area contributed by atoms with Crippen molar-refractivity contribution in [3.8, 4) is 0 Å². The molecule has 1 heterocycles.